The van der Waals surface area contributed by atoms with Crippen molar-refractivity contribution < 1.29 is 48.7 Å². The Morgan fingerprint density at radius 2 is 1.00 bits per heavy atom. The number of rotatable bonds is 6. The number of benzene rings is 3. The van der Waals surface area contributed by atoms with Crippen molar-refractivity contribution in [2.75, 3.05) is 0 Å². The summed E-state index contributed by atoms with van der Waals surface area (Å²) in [5.74, 6) is -2.56. The molecule has 0 fully saturated rings. The van der Waals surface area contributed by atoms with Crippen LogP contribution in [0.5, 0.6) is 0 Å². The number of hydrogen-bond acceptors (Lipinski definition) is 1. The average molecular weight is 564 g/mol. The van der Waals surface area contributed by atoms with Gasteiger partial charge in [0.05, 0.1) is 16.7 Å². The summed E-state index contributed by atoms with van der Waals surface area (Å²) in [4.78, 5) is 12.5. The van der Waals surface area contributed by atoms with E-state index in [4.69, 9.17) is 0 Å². The van der Waals surface area contributed by atoms with Gasteiger partial charge in [0.1, 0.15) is 11.6 Å². The molecule has 0 aliphatic rings. The fourth-order valence-electron chi connectivity index (χ4n) is 4.24. The summed E-state index contributed by atoms with van der Waals surface area (Å²) in [5, 5.41) is 0. The Labute approximate surface area is 217 Å². The van der Waals surface area contributed by atoms with E-state index in [1.807, 2.05) is 0 Å². The minimum Gasteiger partial charge on any atom is -0.299 e. The van der Waals surface area contributed by atoms with E-state index in [9.17, 15) is 48.7 Å². The van der Waals surface area contributed by atoms with Crippen molar-refractivity contribution in [3.8, 4) is 22.3 Å². The number of carbonyl (C=O) groups is 1. The zero-order valence-corrected chi connectivity index (χ0v) is 20.7. The molecule has 3 aromatic rings. The van der Waals surface area contributed by atoms with Crippen LogP contribution in [0, 0.1) is 11.7 Å². The lowest BCUT2D eigenvalue weighted by atomic mass is 9.84. The highest BCUT2D eigenvalue weighted by Gasteiger charge is 2.37. The molecule has 0 aromatic heterocycles. The Morgan fingerprint density at radius 1 is 0.615 bits per heavy atom. The fraction of sp³-hybridized carbons (Fsp3) is 0.321. The topological polar surface area (TPSA) is 17.1 Å². The van der Waals surface area contributed by atoms with E-state index in [0.29, 0.717) is 18.2 Å². The lowest BCUT2D eigenvalue weighted by Gasteiger charge is -2.20. The van der Waals surface area contributed by atoms with Gasteiger partial charge in [0, 0.05) is 5.92 Å². The molecule has 210 valence electrons. The lowest BCUT2D eigenvalue weighted by molar-refractivity contribution is -0.143. The summed E-state index contributed by atoms with van der Waals surface area (Å²) in [7, 11) is 0. The predicted molar refractivity (Wildman–Crippen MR) is 125 cm³/mol. The summed E-state index contributed by atoms with van der Waals surface area (Å²) < 4.78 is 135. The number of alkyl halides is 9. The number of carbonyl (C=O) groups excluding carboxylic acids is 1. The molecule has 0 aliphatic carbocycles. The van der Waals surface area contributed by atoms with Crippen molar-refractivity contribution in [1.82, 2.24) is 0 Å². The van der Waals surface area contributed by atoms with Gasteiger partial charge in [-0.2, -0.15) is 39.5 Å². The van der Waals surface area contributed by atoms with Crippen molar-refractivity contribution in [1.29, 1.82) is 0 Å². The number of ketones is 1. The van der Waals surface area contributed by atoms with Gasteiger partial charge in [-0.3, -0.25) is 4.79 Å². The Balaban J connectivity index is 2.38. The summed E-state index contributed by atoms with van der Waals surface area (Å²) in [6.45, 7) is 4.81. The maximum atomic E-state index is 14.2. The molecule has 1 nitrogen and oxygen atoms in total. The molecular formula is C28H22F10O. The molecule has 0 radical (unpaired) electrons. The normalized spacial score (nSPS) is 13.6. The van der Waals surface area contributed by atoms with Crippen LogP contribution in [-0.2, 0) is 23.3 Å². The Bertz CT molecular complexity index is 1330. The van der Waals surface area contributed by atoms with Crippen LogP contribution in [-0.4, -0.2) is 5.78 Å². The zero-order chi connectivity index (χ0) is 29.5. The third-order valence-corrected chi connectivity index (χ3v) is 6.03. The molecule has 3 rings (SSSR count). The minimum atomic E-state index is -5.14. The molecule has 0 bridgehead atoms. The third-order valence-electron chi connectivity index (χ3n) is 6.03. The van der Waals surface area contributed by atoms with Crippen LogP contribution in [0.4, 0.5) is 43.9 Å². The van der Waals surface area contributed by atoms with Gasteiger partial charge in [0.25, 0.3) is 0 Å². The van der Waals surface area contributed by atoms with E-state index < -0.39 is 52.5 Å². The van der Waals surface area contributed by atoms with Gasteiger partial charge >= 0.3 is 18.5 Å². The zero-order valence-electron chi connectivity index (χ0n) is 20.7. The largest absolute Gasteiger partial charge is 0.416 e. The Hall–Kier alpha value is -3.37. The highest BCUT2D eigenvalue weighted by Crippen LogP contribution is 2.41. The monoisotopic (exact) mass is 564 g/mol. The van der Waals surface area contributed by atoms with Crippen molar-refractivity contribution in [2.45, 2.75) is 51.6 Å². The fourth-order valence-corrected chi connectivity index (χ4v) is 4.24. The van der Waals surface area contributed by atoms with E-state index in [0.717, 1.165) is 12.1 Å². The second-order valence-corrected chi connectivity index (χ2v) is 9.66. The molecule has 0 N–H and O–H groups in total. The number of halogens is 10. The van der Waals surface area contributed by atoms with Gasteiger partial charge in [-0.25, -0.2) is 4.39 Å². The molecule has 11 heteroatoms. The van der Waals surface area contributed by atoms with Gasteiger partial charge in [-0.15, -0.1) is 0 Å². The van der Waals surface area contributed by atoms with Crippen molar-refractivity contribution in [2.24, 2.45) is 5.92 Å². The van der Waals surface area contributed by atoms with E-state index in [-0.39, 0.29) is 52.5 Å². The first kappa shape index (κ1) is 30.2. The molecule has 0 heterocycles. The molecule has 0 aliphatic heterocycles. The van der Waals surface area contributed by atoms with Gasteiger partial charge in [0.15, 0.2) is 0 Å². The lowest BCUT2D eigenvalue weighted by Crippen LogP contribution is -2.13. The van der Waals surface area contributed by atoms with E-state index in [1.54, 1.807) is 13.8 Å². The highest BCUT2D eigenvalue weighted by atomic mass is 19.4. The third kappa shape index (κ3) is 7.39. The van der Waals surface area contributed by atoms with Crippen LogP contribution >= 0.6 is 0 Å². The van der Waals surface area contributed by atoms with Crippen LogP contribution in [0.3, 0.4) is 0 Å². The second-order valence-electron chi connectivity index (χ2n) is 9.66. The summed E-state index contributed by atoms with van der Waals surface area (Å²) in [6, 6.07) is 6.15. The SMILES string of the molecule is CC(=O)C(CC(C)C)c1cc(-c2cc(F)cc(C(F)(F)F)c2)cc(-c2cc(C(F)(F)F)cc(C(F)(F)F)c2)c1. The van der Waals surface area contributed by atoms with Crippen LogP contribution in [0.1, 0.15) is 55.4 Å². The molecule has 0 amide bonds. The molecule has 1 unspecified atom stereocenters. The van der Waals surface area contributed by atoms with Crippen molar-refractivity contribution in [3.63, 3.8) is 0 Å². The molecule has 3 aromatic carbocycles. The van der Waals surface area contributed by atoms with E-state index in [2.05, 4.69) is 0 Å². The van der Waals surface area contributed by atoms with Gasteiger partial charge in [-0.05, 0) is 89.5 Å². The minimum absolute atomic E-state index is 0.0480. The van der Waals surface area contributed by atoms with Crippen molar-refractivity contribution >= 4 is 5.78 Å². The molecule has 0 saturated carbocycles. The van der Waals surface area contributed by atoms with Crippen molar-refractivity contribution in [3.05, 3.63) is 82.7 Å². The Morgan fingerprint density at radius 3 is 1.38 bits per heavy atom. The molecule has 39 heavy (non-hydrogen) atoms. The van der Waals surface area contributed by atoms with Gasteiger partial charge in [0.2, 0.25) is 0 Å². The molecule has 1 atom stereocenters. The van der Waals surface area contributed by atoms with Crippen LogP contribution in [0.15, 0.2) is 54.6 Å². The first-order valence-electron chi connectivity index (χ1n) is 11.6. The molecule has 0 spiro atoms. The molecule has 0 saturated heterocycles. The number of Topliss-reactive ketones (excluding diaryl/α,β-unsaturated/α-hetero) is 1. The summed E-state index contributed by atoms with van der Waals surface area (Å²) in [6.07, 6.45) is -15.0. The second kappa shape index (κ2) is 10.7. The van der Waals surface area contributed by atoms with E-state index >= 15 is 0 Å². The average Bonchev–Trinajstić information content (AvgIpc) is 2.79. The first-order chi connectivity index (χ1) is 17.8. The van der Waals surface area contributed by atoms with Crippen LogP contribution < -0.4 is 0 Å². The van der Waals surface area contributed by atoms with Crippen LogP contribution in [0.25, 0.3) is 22.3 Å². The van der Waals surface area contributed by atoms with Gasteiger partial charge < -0.3 is 0 Å². The quantitative estimate of drug-likeness (QED) is 0.273. The summed E-state index contributed by atoms with van der Waals surface area (Å²) >= 11 is 0. The first-order valence-corrected chi connectivity index (χ1v) is 11.6. The van der Waals surface area contributed by atoms with Gasteiger partial charge in [-0.1, -0.05) is 26.0 Å². The van der Waals surface area contributed by atoms with Crippen LogP contribution in [0.2, 0.25) is 0 Å². The maximum Gasteiger partial charge on any atom is 0.416 e. The standard InChI is InChI=1S/C28H22F10O/c1-14(2)4-25(15(3)39)20-6-16(18-8-21(26(30,31)32)12-22(9-18)27(33,34)35)5-17(7-20)19-10-23(28(36,37)38)13-24(29)11-19/h5-14,25H,4H2,1-3H3. The Kier molecular flexibility index (Phi) is 8.24. The van der Waals surface area contributed by atoms with E-state index in [1.165, 1.54) is 19.1 Å². The molecular weight excluding hydrogens is 542 g/mol. The smallest absolute Gasteiger partial charge is 0.299 e. The predicted octanol–water partition coefficient (Wildman–Crippen LogP) is 9.93. The maximum absolute atomic E-state index is 14.2. The summed E-state index contributed by atoms with van der Waals surface area (Å²) in [5.41, 5.74) is -5.54. The number of hydrogen-bond donors (Lipinski definition) is 0. The highest BCUT2D eigenvalue weighted by molar-refractivity contribution is 5.85.